The van der Waals surface area contributed by atoms with Crippen LogP contribution in [0.5, 0.6) is 5.75 Å². The maximum atomic E-state index is 12.1. The minimum Gasteiger partial charge on any atom is -0.508 e. The Hall–Kier alpha value is -1.55. The molecule has 2 heterocycles. The van der Waals surface area contributed by atoms with E-state index in [1.165, 1.54) is 17.3 Å². The fourth-order valence-electron chi connectivity index (χ4n) is 5.08. The summed E-state index contributed by atoms with van der Waals surface area (Å²) in [4.78, 5) is 16.9. The number of benzene rings is 1. The van der Waals surface area contributed by atoms with Gasteiger partial charge in [0.1, 0.15) is 10.8 Å². The monoisotopic (exact) mass is 616 g/mol. The number of phenolic OH excluding ortho intramolecular Hbond substituents is 1. The standard InChI is InChI=1S/C23H31ClIN6O2P/c1-15-17(6-7-26-2)19(4-5-20(15)32)29(3)16-10-23(11-16)13-30(14-23)9-8-27-18-12-28-31(34-25)22(33)21(18)24/h4-7,12,16,26-27,32,34H,8-11,13-14H2,1-3H3/b7-6-. The molecule has 4 rings (SSSR count). The van der Waals surface area contributed by atoms with Gasteiger partial charge in [0.25, 0.3) is 5.56 Å². The molecule has 2 aliphatic rings. The third kappa shape index (κ3) is 5.03. The molecule has 184 valence electrons. The molecule has 1 saturated carbocycles. The maximum Gasteiger partial charge on any atom is 0.291 e. The lowest BCUT2D eigenvalue weighted by Crippen LogP contribution is -2.66. The predicted octanol–water partition coefficient (Wildman–Crippen LogP) is 3.91. The summed E-state index contributed by atoms with van der Waals surface area (Å²) in [7, 11) is 4.03. The zero-order valence-electron chi connectivity index (χ0n) is 19.6. The second-order valence-corrected chi connectivity index (χ2v) is 11.7. The maximum absolute atomic E-state index is 12.1. The van der Waals surface area contributed by atoms with Crippen molar-refractivity contribution in [2.75, 3.05) is 50.5 Å². The van der Waals surface area contributed by atoms with Crippen molar-refractivity contribution in [1.29, 1.82) is 0 Å². The van der Waals surface area contributed by atoms with Crippen LogP contribution in [-0.4, -0.2) is 65.9 Å². The number of hydrogen-bond acceptors (Lipinski definition) is 7. The van der Waals surface area contributed by atoms with E-state index in [1.807, 2.05) is 32.3 Å². The first-order valence-corrected chi connectivity index (χ1v) is 15.7. The summed E-state index contributed by atoms with van der Waals surface area (Å²) in [6, 6.07) is 4.30. The molecule has 3 N–H and O–H groups in total. The molecule has 11 heteroatoms. The van der Waals surface area contributed by atoms with Gasteiger partial charge in [-0.05, 0) is 71.6 Å². The SMILES string of the molecule is CN/C=C\c1c(N(C)C2CC3(C2)CN(CCNc2cnn(PI)c(=O)c2Cl)C3)ccc(O)c1C. The van der Waals surface area contributed by atoms with Gasteiger partial charge in [0.05, 0.1) is 18.3 Å². The summed E-state index contributed by atoms with van der Waals surface area (Å²) in [5.41, 5.74) is 3.86. The van der Waals surface area contributed by atoms with E-state index in [0.717, 1.165) is 43.0 Å². The van der Waals surface area contributed by atoms with Crippen LogP contribution < -0.4 is 21.1 Å². The quantitative estimate of drug-likeness (QED) is 0.291. The Labute approximate surface area is 220 Å². The topological polar surface area (TPSA) is 85.7 Å². The molecule has 1 atom stereocenters. The van der Waals surface area contributed by atoms with Crippen molar-refractivity contribution in [2.45, 2.75) is 25.8 Å². The van der Waals surface area contributed by atoms with Crippen LogP contribution in [0.1, 0.15) is 24.0 Å². The number of likely N-dealkylation sites (tertiary alicyclic amines) is 1. The molecular formula is C23H31ClIN6O2P. The summed E-state index contributed by atoms with van der Waals surface area (Å²) in [6.45, 7) is 5.80. The number of nitrogens with one attached hydrogen (secondary N) is 2. The molecule has 0 radical (unpaired) electrons. The number of nitrogens with zero attached hydrogens (tertiary/aromatic N) is 4. The zero-order chi connectivity index (χ0) is 24.5. The summed E-state index contributed by atoms with van der Waals surface area (Å²) in [5.74, 6) is 0.324. The molecule has 34 heavy (non-hydrogen) atoms. The molecule has 1 saturated heterocycles. The van der Waals surface area contributed by atoms with Gasteiger partial charge in [0.2, 0.25) is 0 Å². The van der Waals surface area contributed by atoms with E-state index in [9.17, 15) is 9.90 Å². The molecule has 0 amide bonds. The van der Waals surface area contributed by atoms with Crippen molar-refractivity contribution in [3.05, 3.63) is 51.0 Å². The molecule has 8 nitrogen and oxygen atoms in total. The smallest absolute Gasteiger partial charge is 0.291 e. The van der Waals surface area contributed by atoms with E-state index in [0.29, 0.717) is 22.9 Å². The van der Waals surface area contributed by atoms with Crippen LogP contribution in [0.3, 0.4) is 0 Å². The first kappa shape index (κ1) is 25.5. The summed E-state index contributed by atoms with van der Waals surface area (Å²) in [6.07, 6.45) is 8.14. The van der Waals surface area contributed by atoms with E-state index in [2.05, 4.69) is 54.6 Å². The van der Waals surface area contributed by atoms with E-state index >= 15 is 0 Å². The number of rotatable bonds is 9. The van der Waals surface area contributed by atoms with Gasteiger partial charge < -0.3 is 25.5 Å². The summed E-state index contributed by atoms with van der Waals surface area (Å²) < 4.78 is 1.37. The Balaban J connectivity index is 1.27. The molecule has 1 aliphatic carbocycles. The van der Waals surface area contributed by atoms with Crippen molar-refractivity contribution in [3.63, 3.8) is 0 Å². The predicted molar refractivity (Wildman–Crippen MR) is 151 cm³/mol. The van der Waals surface area contributed by atoms with E-state index in [-0.39, 0.29) is 17.0 Å². The lowest BCUT2D eigenvalue weighted by molar-refractivity contribution is -0.0691. The second-order valence-electron chi connectivity index (χ2n) is 9.25. The van der Waals surface area contributed by atoms with Gasteiger partial charge >= 0.3 is 0 Å². The normalized spacial score (nSPS) is 17.9. The highest BCUT2D eigenvalue weighted by molar-refractivity contribution is 14.2. The van der Waals surface area contributed by atoms with Crippen molar-refractivity contribution in [3.8, 4) is 5.75 Å². The molecular weight excluding hydrogens is 586 g/mol. The van der Waals surface area contributed by atoms with Crippen LogP contribution in [-0.2, 0) is 0 Å². The number of aromatic nitrogens is 2. The van der Waals surface area contributed by atoms with Crippen molar-refractivity contribution in [1.82, 2.24) is 19.8 Å². The first-order valence-electron chi connectivity index (χ1n) is 11.3. The fraction of sp³-hybridized carbons (Fsp3) is 0.478. The molecule has 1 aromatic carbocycles. The lowest BCUT2D eigenvalue weighted by Gasteiger charge is -2.61. The number of halogens is 2. The van der Waals surface area contributed by atoms with Crippen LogP contribution in [0.15, 0.2) is 29.3 Å². The third-order valence-corrected chi connectivity index (χ3v) is 9.22. The first-order chi connectivity index (χ1) is 16.3. The van der Waals surface area contributed by atoms with Gasteiger partial charge in [-0.1, -0.05) is 11.6 Å². The molecule has 0 bridgehead atoms. The highest BCUT2D eigenvalue weighted by Gasteiger charge is 2.53. The third-order valence-electron chi connectivity index (χ3n) is 7.01. The number of hydrogen-bond donors (Lipinski definition) is 3. The fourth-order valence-corrected chi connectivity index (χ4v) is 6.67. The highest BCUT2D eigenvalue weighted by Crippen LogP contribution is 2.51. The Morgan fingerprint density at radius 2 is 2.15 bits per heavy atom. The molecule has 1 aromatic heterocycles. The van der Waals surface area contributed by atoms with Crippen LogP contribution in [0, 0.1) is 12.3 Å². The molecule has 2 fully saturated rings. The van der Waals surface area contributed by atoms with Crippen LogP contribution >= 0.6 is 40.0 Å². The van der Waals surface area contributed by atoms with Gasteiger partial charge in [0.15, 0.2) is 0 Å². The van der Waals surface area contributed by atoms with E-state index in [1.54, 1.807) is 12.3 Å². The Morgan fingerprint density at radius 1 is 1.41 bits per heavy atom. The van der Waals surface area contributed by atoms with Gasteiger partial charge in [-0.15, -0.1) is 0 Å². The van der Waals surface area contributed by atoms with Crippen LogP contribution in [0.4, 0.5) is 11.4 Å². The largest absolute Gasteiger partial charge is 0.508 e. The Morgan fingerprint density at radius 3 is 2.82 bits per heavy atom. The highest BCUT2D eigenvalue weighted by atomic mass is 127. The lowest BCUT2D eigenvalue weighted by atomic mass is 9.60. The van der Waals surface area contributed by atoms with Gasteiger partial charge in [-0.2, -0.15) is 5.10 Å². The molecule has 1 aliphatic heterocycles. The van der Waals surface area contributed by atoms with Gasteiger partial charge in [-0.3, -0.25) is 4.79 Å². The molecule has 2 aromatic rings. The zero-order valence-corrected chi connectivity index (χ0v) is 23.5. The van der Waals surface area contributed by atoms with Crippen LogP contribution in [0.25, 0.3) is 6.08 Å². The minimum absolute atomic E-state index is 0.206. The Kier molecular flexibility index (Phi) is 7.96. The van der Waals surface area contributed by atoms with Crippen molar-refractivity contribution in [2.24, 2.45) is 5.41 Å². The summed E-state index contributed by atoms with van der Waals surface area (Å²) in [5, 5.41) is 20.8. The van der Waals surface area contributed by atoms with Crippen molar-refractivity contribution < 1.29 is 5.11 Å². The molecule has 1 unspecified atom stereocenters. The van der Waals surface area contributed by atoms with Crippen molar-refractivity contribution >= 4 is 57.5 Å². The van der Waals surface area contributed by atoms with E-state index in [4.69, 9.17) is 11.6 Å². The number of anilines is 2. The average molecular weight is 617 g/mol. The van der Waals surface area contributed by atoms with Crippen LogP contribution in [0.2, 0.25) is 5.02 Å². The summed E-state index contributed by atoms with van der Waals surface area (Å²) >= 11 is 8.31. The van der Waals surface area contributed by atoms with E-state index < -0.39 is 0 Å². The second kappa shape index (κ2) is 10.6. The number of aromatic hydroxyl groups is 1. The Bertz CT molecular complexity index is 1130. The average Bonchev–Trinajstić information content (AvgIpc) is 2.77. The van der Waals surface area contributed by atoms with Gasteiger partial charge in [-0.25, -0.2) is 4.45 Å². The number of phenols is 1. The van der Waals surface area contributed by atoms with Gasteiger partial charge in [0, 0.05) is 63.1 Å². The molecule has 1 spiro atoms. The minimum atomic E-state index is -0.250.